The molecule has 1 aromatic carbocycles. The second-order valence-corrected chi connectivity index (χ2v) is 6.50. The summed E-state index contributed by atoms with van der Waals surface area (Å²) in [7, 11) is 5.87. The molecule has 0 heterocycles. The van der Waals surface area contributed by atoms with Gasteiger partial charge >= 0.3 is 0 Å². The third-order valence-electron chi connectivity index (χ3n) is 4.04. The maximum absolute atomic E-state index is 5.48. The number of hydrogen-bond donors (Lipinski definition) is 2. The van der Waals surface area contributed by atoms with E-state index < -0.39 is 0 Å². The molecular weight excluding hydrogens is 455 g/mol. The van der Waals surface area contributed by atoms with Gasteiger partial charge in [-0.2, -0.15) is 0 Å². The van der Waals surface area contributed by atoms with Crippen LogP contribution in [-0.4, -0.2) is 71.5 Å². The number of ether oxygens (including phenoxy) is 2. The van der Waals surface area contributed by atoms with E-state index >= 15 is 0 Å². The van der Waals surface area contributed by atoms with E-state index in [4.69, 9.17) is 14.5 Å². The fourth-order valence-electron chi connectivity index (χ4n) is 2.50. The Morgan fingerprint density at radius 1 is 1.11 bits per heavy atom. The Bertz CT molecular complexity index is 509. The largest absolute Gasteiger partial charge is 0.382 e. The van der Waals surface area contributed by atoms with Crippen molar-refractivity contribution in [2.45, 2.75) is 26.3 Å². The molecule has 7 heteroatoms. The van der Waals surface area contributed by atoms with Gasteiger partial charge in [-0.25, -0.2) is 0 Å². The number of methoxy groups -OCH3 is 1. The third kappa shape index (κ3) is 11.5. The van der Waals surface area contributed by atoms with Crippen LogP contribution in [0.2, 0.25) is 0 Å². The summed E-state index contributed by atoms with van der Waals surface area (Å²) in [4.78, 5) is 6.98. The number of guanidine groups is 1. The molecule has 0 spiro atoms. The van der Waals surface area contributed by atoms with Crippen molar-refractivity contribution in [1.82, 2.24) is 15.5 Å². The van der Waals surface area contributed by atoms with Crippen molar-refractivity contribution in [2.75, 3.05) is 60.7 Å². The first-order valence-electron chi connectivity index (χ1n) is 9.40. The highest BCUT2D eigenvalue weighted by atomic mass is 127. The van der Waals surface area contributed by atoms with E-state index in [0.717, 1.165) is 32.1 Å². The number of rotatable bonds is 12. The summed E-state index contributed by atoms with van der Waals surface area (Å²) >= 11 is 0. The van der Waals surface area contributed by atoms with E-state index in [0.29, 0.717) is 19.8 Å². The molecule has 0 radical (unpaired) electrons. The summed E-state index contributed by atoms with van der Waals surface area (Å²) in [6, 6.07) is 8.94. The van der Waals surface area contributed by atoms with E-state index in [-0.39, 0.29) is 30.0 Å². The van der Waals surface area contributed by atoms with E-state index in [9.17, 15) is 0 Å². The molecular formula is C20H37IN4O2. The highest BCUT2D eigenvalue weighted by Gasteiger charge is 2.13. The average molecular weight is 492 g/mol. The van der Waals surface area contributed by atoms with Crippen molar-refractivity contribution in [1.29, 1.82) is 0 Å². The zero-order chi connectivity index (χ0) is 19.2. The summed E-state index contributed by atoms with van der Waals surface area (Å²) in [6.07, 6.45) is 0.934. The van der Waals surface area contributed by atoms with Gasteiger partial charge in [0.1, 0.15) is 0 Å². The number of nitrogens with one attached hydrogen (secondary N) is 2. The van der Waals surface area contributed by atoms with Crippen molar-refractivity contribution in [3.8, 4) is 0 Å². The Labute approximate surface area is 182 Å². The Balaban J connectivity index is 0.00000676. The molecule has 0 aliphatic carbocycles. The summed E-state index contributed by atoms with van der Waals surface area (Å²) in [5.41, 5.74) is 2.56. The minimum atomic E-state index is 0. The van der Waals surface area contributed by atoms with E-state index in [1.165, 1.54) is 11.1 Å². The van der Waals surface area contributed by atoms with Crippen LogP contribution < -0.4 is 10.6 Å². The first-order chi connectivity index (χ1) is 12.6. The molecule has 1 unspecified atom stereocenters. The van der Waals surface area contributed by atoms with E-state index in [1.807, 2.05) is 0 Å². The van der Waals surface area contributed by atoms with Crippen LogP contribution in [-0.2, 0) is 9.47 Å². The average Bonchev–Trinajstić information content (AvgIpc) is 2.62. The number of aryl methyl sites for hydroxylation is 1. The number of aliphatic imine (C=N–C) groups is 1. The minimum absolute atomic E-state index is 0. The standard InChI is InChI=1S/C20H36N4O2.HI/c1-6-21-20(22-12-7-13-26-15-14-25-5)23-16-19(24(3)4)18-10-8-17(2)9-11-18;/h8-11,19H,6-7,12-16H2,1-5H3,(H2,21,22,23);1H. The fraction of sp³-hybridized carbons (Fsp3) is 0.650. The fourth-order valence-corrected chi connectivity index (χ4v) is 2.50. The van der Waals surface area contributed by atoms with Gasteiger partial charge in [-0.05, 0) is 39.9 Å². The molecule has 0 aromatic heterocycles. The van der Waals surface area contributed by atoms with Crippen molar-refractivity contribution in [3.63, 3.8) is 0 Å². The lowest BCUT2D eigenvalue weighted by Crippen LogP contribution is -2.38. The summed E-state index contributed by atoms with van der Waals surface area (Å²) < 4.78 is 10.4. The van der Waals surface area contributed by atoms with E-state index in [2.05, 4.69) is 67.7 Å². The van der Waals surface area contributed by atoms with E-state index in [1.54, 1.807) is 7.11 Å². The van der Waals surface area contributed by atoms with Crippen molar-refractivity contribution in [3.05, 3.63) is 35.4 Å². The zero-order valence-electron chi connectivity index (χ0n) is 17.5. The lowest BCUT2D eigenvalue weighted by molar-refractivity contribution is 0.0698. The van der Waals surface area contributed by atoms with Gasteiger partial charge in [0.25, 0.3) is 0 Å². The molecule has 1 aromatic rings. The molecule has 0 aliphatic heterocycles. The smallest absolute Gasteiger partial charge is 0.191 e. The van der Waals surface area contributed by atoms with Gasteiger partial charge in [-0.1, -0.05) is 29.8 Å². The molecule has 27 heavy (non-hydrogen) atoms. The van der Waals surface area contributed by atoms with Crippen LogP contribution in [0.1, 0.15) is 30.5 Å². The molecule has 0 aliphatic rings. The molecule has 156 valence electrons. The van der Waals surface area contributed by atoms with Crippen molar-refractivity contribution >= 4 is 29.9 Å². The minimum Gasteiger partial charge on any atom is -0.382 e. The summed E-state index contributed by atoms with van der Waals surface area (Å²) in [6.45, 7) is 8.57. The van der Waals surface area contributed by atoms with Gasteiger partial charge < -0.3 is 25.0 Å². The Hall–Kier alpha value is -0.900. The van der Waals surface area contributed by atoms with Crippen LogP contribution >= 0.6 is 24.0 Å². The SMILES string of the molecule is CCNC(=NCC(c1ccc(C)cc1)N(C)C)NCCCOCCOC.I. The summed E-state index contributed by atoms with van der Waals surface area (Å²) in [5, 5.41) is 6.68. The molecule has 0 fully saturated rings. The zero-order valence-corrected chi connectivity index (χ0v) is 19.8. The maximum Gasteiger partial charge on any atom is 0.191 e. The molecule has 0 bridgehead atoms. The molecule has 1 atom stereocenters. The predicted octanol–water partition coefficient (Wildman–Crippen LogP) is 2.82. The van der Waals surface area contributed by atoms with Gasteiger partial charge in [0, 0.05) is 26.8 Å². The number of nitrogens with zero attached hydrogens (tertiary/aromatic N) is 2. The van der Waals surface area contributed by atoms with Crippen LogP contribution in [0.4, 0.5) is 0 Å². The summed E-state index contributed by atoms with van der Waals surface area (Å²) in [5.74, 6) is 0.850. The maximum atomic E-state index is 5.48. The number of benzene rings is 1. The second kappa shape index (κ2) is 16.1. The quantitative estimate of drug-likeness (QED) is 0.204. The molecule has 1 rings (SSSR count). The first kappa shape index (κ1) is 26.1. The van der Waals surface area contributed by atoms with Gasteiger partial charge in [-0.15, -0.1) is 24.0 Å². The monoisotopic (exact) mass is 492 g/mol. The van der Waals surface area contributed by atoms with Crippen LogP contribution in [0.3, 0.4) is 0 Å². The molecule has 6 nitrogen and oxygen atoms in total. The molecule has 0 saturated carbocycles. The highest BCUT2D eigenvalue weighted by molar-refractivity contribution is 14.0. The van der Waals surface area contributed by atoms with Crippen molar-refractivity contribution in [2.24, 2.45) is 4.99 Å². The van der Waals surface area contributed by atoms with Gasteiger partial charge in [0.2, 0.25) is 0 Å². The first-order valence-corrected chi connectivity index (χ1v) is 9.40. The number of likely N-dealkylation sites (N-methyl/N-ethyl adjacent to an activating group) is 1. The van der Waals surface area contributed by atoms with Crippen LogP contribution in [0.25, 0.3) is 0 Å². The Kier molecular flexibility index (Phi) is 15.6. The van der Waals surface area contributed by atoms with Gasteiger partial charge in [0.05, 0.1) is 25.8 Å². The molecule has 0 saturated heterocycles. The normalized spacial score (nSPS) is 12.6. The molecule has 0 amide bonds. The Morgan fingerprint density at radius 3 is 2.41 bits per heavy atom. The van der Waals surface area contributed by atoms with Gasteiger partial charge in [0.15, 0.2) is 5.96 Å². The Morgan fingerprint density at radius 2 is 1.81 bits per heavy atom. The van der Waals surface area contributed by atoms with Crippen LogP contribution in [0.5, 0.6) is 0 Å². The lowest BCUT2D eigenvalue weighted by Gasteiger charge is -2.24. The highest BCUT2D eigenvalue weighted by Crippen LogP contribution is 2.19. The van der Waals surface area contributed by atoms with Crippen molar-refractivity contribution < 1.29 is 9.47 Å². The topological polar surface area (TPSA) is 58.1 Å². The number of hydrogen-bond acceptors (Lipinski definition) is 4. The van der Waals surface area contributed by atoms with Crippen LogP contribution in [0.15, 0.2) is 29.3 Å². The predicted molar refractivity (Wildman–Crippen MR) is 124 cm³/mol. The molecule has 2 N–H and O–H groups in total. The lowest BCUT2D eigenvalue weighted by atomic mass is 10.0. The number of halogens is 1. The van der Waals surface area contributed by atoms with Crippen LogP contribution in [0, 0.1) is 6.92 Å². The van der Waals surface area contributed by atoms with Gasteiger partial charge in [-0.3, -0.25) is 4.99 Å². The second-order valence-electron chi connectivity index (χ2n) is 6.50. The third-order valence-corrected chi connectivity index (χ3v) is 4.04.